The number of fused-ring (bicyclic) bond motifs is 5. The third-order valence-corrected chi connectivity index (χ3v) is 11.6. The number of hydrogen-bond donors (Lipinski definition) is 1. The van der Waals surface area contributed by atoms with Gasteiger partial charge in [0.2, 0.25) is 0 Å². The molecule has 29 heavy (non-hydrogen) atoms. The standard InChI is InChI=1S/C28H50O/c1-18(2)19(3)10-11-20(4)22-12-13-23-21-17-26(29)25-9-7-8-15-27(25,5)24(21)14-16-28(22,23)6/h18-26,29H,7-17H2,1-6H3/t19-,20+,21-,22+,23-,24-,25?,26?,27+,28+/m0/s1. The molecule has 0 aromatic heterocycles. The van der Waals surface area contributed by atoms with Gasteiger partial charge >= 0.3 is 0 Å². The van der Waals surface area contributed by atoms with Crippen molar-refractivity contribution in [3.8, 4) is 0 Å². The Morgan fingerprint density at radius 3 is 2.24 bits per heavy atom. The second-order valence-corrected chi connectivity index (χ2v) is 13.0. The zero-order chi connectivity index (χ0) is 21.0. The van der Waals surface area contributed by atoms with Crippen molar-refractivity contribution in [3.63, 3.8) is 0 Å². The van der Waals surface area contributed by atoms with E-state index in [1.54, 1.807) is 0 Å². The highest BCUT2D eigenvalue weighted by atomic mass is 16.3. The summed E-state index contributed by atoms with van der Waals surface area (Å²) in [5, 5.41) is 11.2. The quantitative estimate of drug-likeness (QED) is 0.499. The molecule has 0 saturated heterocycles. The summed E-state index contributed by atoms with van der Waals surface area (Å²) in [5.74, 6) is 6.63. The Hall–Kier alpha value is -0.0400. The lowest BCUT2D eigenvalue weighted by Gasteiger charge is -2.62. The van der Waals surface area contributed by atoms with Gasteiger partial charge in [-0.3, -0.25) is 0 Å². The Bertz CT molecular complexity index is 569. The van der Waals surface area contributed by atoms with Gasteiger partial charge in [0.1, 0.15) is 0 Å². The third-order valence-electron chi connectivity index (χ3n) is 11.6. The third kappa shape index (κ3) is 3.64. The highest BCUT2D eigenvalue weighted by Gasteiger charge is 2.61. The largest absolute Gasteiger partial charge is 0.393 e. The summed E-state index contributed by atoms with van der Waals surface area (Å²) in [6.07, 6.45) is 15.2. The SMILES string of the molecule is CC(C)[C@@H](C)CC[C@@H](C)[C@H]1CC[C@H]2[C@@H]3CC(O)C4CCCC[C@]4(C)[C@H]3CC[C@]12C. The molecule has 4 aliphatic carbocycles. The summed E-state index contributed by atoms with van der Waals surface area (Å²) in [6.45, 7) is 15.1. The van der Waals surface area contributed by atoms with Crippen LogP contribution in [0.1, 0.15) is 112 Å². The van der Waals surface area contributed by atoms with E-state index in [1.807, 2.05) is 0 Å². The Morgan fingerprint density at radius 1 is 0.793 bits per heavy atom. The van der Waals surface area contributed by atoms with Crippen molar-refractivity contribution < 1.29 is 5.11 Å². The molecule has 0 amide bonds. The van der Waals surface area contributed by atoms with Gasteiger partial charge in [-0.1, -0.05) is 67.2 Å². The van der Waals surface area contributed by atoms with Crippen LogP contribution in [0.25, 0.3) is 0 Å². The van der Waals surface area contributed by atoms with Crippen LogP contribution in [-0.2, 0) is 0 Å². The van der Waals surface area contributed by atoms with E-state index in [0.717, 1.165) is 47.8 Å². The molecular formula is C28H50O. The van der Waals surface area contributed by atoms with Crippen molar-refractivity contribution in [2.75, 3.05) is 0 Å². The molecule has 0 spiro atoms. The van der Waals surface area contributed by atoms with Crippen molar-refractivity contribution in [2.24, 2.45) is 58.2 Å². The van der Waals surface area contributed by atoms with E-state index in [2.05, 4.69) is 41.5 Å². The van der Waals surface area contributed by atoms with Crippen LogP contribution in [0.5, 0.6) is 0 Å². The fraction of sp³-hybridized carbons (Fsp3) is 1.00. The first-order chi connectivity index (χ1) is 13.7. The van der Waals surface area contributed by atoms with Gasteiger partial charge in [-0.15, -0.1) is 0 Å². The molecule has 4 saturated carbocycles. The minimum atomic E-state index is -0.0211. The Morgan fingerprint density at radius 2 is 1.52 bits per heavy atom. The summed E-state index contributed by atoms with van der Waals surface area (Å²) in [6, 6.07) is 0. The second-order valence-electron chi connectivity index (χ2n) is 13.0. The van der Waals surface area contributed by atoms with Crippen molar-refractivity contribution in [2.45, 2.75) is 118 Å². The van der Waals surface area contributed by atoms with E-state index in [-0.39, 0.29) is 6.10 Å². The molecule has 4 aliphatic rings. The lowest BCUT2D eigenvalue weighted by molar-refractivity contribution is -0.159. The molecular weight excluding hydrogens is 352 g/mol. The maximum atomic E-state index is 11.2. The van der Waals surface area contributed by atoms with Crippen molar-refractivity contribution in [3.05, 3.63) is 0 Å². The highest BCUT2D eigenvalue weighted by Crippen LogP contribution is 2.68. The van der Waals surface area contributed by atoms with E-state index < -0.39 is 0 Å². The molecule has 0 aromatic carbocycles. The van der Waals surface area contributed by atoms with Gasteiger partial charge in [0, 0.05) is 0 Å². The summed E-state index contributed by atoms with van der Waals surface area (Å²) in [5.41, 5.74) is 0.970. The topological polar surface area (TPSA) is 20.2 Å². The second kappa shape index (κ2) is 8.14. The normalized spacial score (nSPS) is 49.2. The van der Waals surface area contributed by atoms with Gasteiger partial charge in [0.15, 0.2) is 0 Å². The fourth-order valence-corrected chi connectivity index (χ4v) is 9.39. The maximum Gasteiger partial charge on any atom is 0.0576 e. The molecule has 1 heteroatoms. The minimum absolute atomic E-state index is 0.0211. The molecule has 2 unspecified atom stereocenters. The first-order valence-corrected chi connectivity index (χ1v) is 13.4. The van der Waals surface area contributed by atoms with Crippen LogP contribution in [-0.4, -0.2) is 11.2 Å². The van der Waals surface area contributed by atoms with Crippen LogP contribution in [0.15, 0.2) is 0 Å². The van der Waals surface area contributed by atoms with Crippen molar-refractivity contribution >= 4 is 0 Å². The van der Waals surface area contributed by atoms with Crippen molar-refractivity contribution in [1.29, 1.82) is 0 Å². The number of aliphatic hydroxyl groups is 1. The average molecular weight is 403 g/mol. The van der Waals surface area contributed by atoms with Gasteiger partial charge in [-0.05, 0) is 103 Å². The van der Waals surface area contributed by atoms with Gasteiger partial charge in [-0.2, -0.15) is 0 Å². The van der Waals surface area contributed by atoms with Gasteiger partial charge in [0.05, 0.1) is 6.10 Å². The van der Waals surface area contributed by atoms with E-state index in [1.165, 1.54) is 64.2 Å². The Kier molecular flexibility index (Phi) is 6.22. The molecule has 4 rings (SSSR count). The predicted octanol–water partition coefficient (Wildman–Crippen LogP) is 7.71. The maximum absolute atomic E-state index is 11.2. The molecule has 0 aliphatic heterocycles. The molecule has 0 heterocycles. The molecule has 1 N–H and O–H groups in total. The minimum Gasteiger partial charge on any atom is -0.393 e. The number of rotatable bonds is 5. The monoisotopic (exact) mass is 402 g/mol. The highest BCUT2D eigenvalue weighted by molar-refractivity contribution is 5.10. The van der Waals surface area contributed by atoms with Gasteiger partial charge < -0.3 is 5.11 Å². The van der Waals surface area contributed by atoms with Crippen LogP contribution in [0.3, 0.4) is 0 Å². The lowest BCUT2D eigenvalue weighted by atomic mass is 9.44. The van der Waals surface area contributed by atoms with E-state index in [4.69, 9.17) is 0 Å². The summed E-state index contributed by atoms with van der Waals surface area (Å²) in [7, 11) is 0. The zero-order valence-electron chi connectivity index (χ0n) is 20.4. The molecule has 1 nitrogen and oxygen atoms in total. The summed E-state index contributed by atoms with van der Waals surface area (Å²) < 4.78 is 0. The smallest absolute Gasteiger partial charge is 0.0576 e. The average Bonchev–Trinajstić information content (AvgIpc) is 3.03. The Balaban J connectivity index is 1.49. The van der Waals surface area contributed by atoms with E-state index in [9.17, 15) is 5.11 Å². The van der Waals surface area contributed by atoms with Crippen LogP contribution in [0.4, 0.5) is 0 Å². The number of aliphatic hydroxyl groups excluding tert-OH is 1. The van der Waals surface area contributed by atoms with Gasteiger partial charge in [0.25, 0.3) is 0 Å². The van der Waals surface area contributed by atoms with E-state index in [0.29, 0.717) is 16.7 Å². The number of hydrogen-bond acceptors (Lipinski definition) is 1. The van der Waals surface area contributed by atoms with Crippen LogP contribution >= 0.6 is 0 Å². The van der Waals surface area contributed by atoms with Crippen molar-refractivity contribution in [1.82, 2.24) is 0 Å². The first-order valence-electron chi connectivity index (χ1n) is 13.4. The lowest BCUT2D eigenvalue weighted by Crippen LogP contribution is -2.57. The summed E-state index contributed by atoms with van der Waals surface area (Å²) >= 11 is 0. The zero-order valence-corrected chi connectivity index (χ0v) is 20.4. The molecule has 10 atom stereocenters. The molecule has 0 bridgehead atoms. The molecule has 4 fully saturated rings. The van der Waals surface area contributed by atoms with Crippen LogP contribution < -0.4 is 0 Å². The van der Waals surface area contributed by atoms with Crippen LogP contribution in [0, 0.1) is 58.2 Å². The first kappa shape index (κ1) is 22.2. The van der Waals surface area contributed by atoms with E-state index >= 15 is 0 Å². The van der Waals surface area contributed by atoms with Crippen LogP contribution in [0.2, 0.25) is 0 Å². The molecule has 0 radical (unpaired) electrons. The fourth-order valence-electron chi connectivity index (χ4n) is 9.39. The van der Waals surface area contributed by atoms with Gasteiger partial charge in [-0.25, -0.2) is 0 Å². The molecule has 0 aromatic rings. The predicted molar refractivity (Wildman–Crippen MR) is 124 cm³/mol. The molecule has 168 valence electrons. The summed E-state index contributed by atoms with van der Waals surface area (Å²) in [4.78, 5) is 0. The Labute approximate surface area is 181 Å².